The van der Waals surface area contributed by atoms with E-state index in [1.807, 2.05) is 30.3 Å². The van der Waals surface area contributed by atoms with Gasteiger partial charge in [0.25, 0.3) is 0 Å². The van der Waals surface area contributed by atoms with E-state index in [9.17, 15) is 5.11 Å². The fourth-order valence-corrected chi connectivity index (χ4v) is 1.99. The maximum Gasteiger partial charge on any atom is 0.157 e. The van der Waals surface area contributed by atoms with Gasteiger partial charge in [-0.3, -0.25) is 0 Å². The van der Waals surface area contributed by atoms with Crippen LogP contribution in [0.15, 0.2) is 30.3 Å². The van der Waals surface area contributed by atoms with Gasteiger partial charge in [-0.15, -0.1) is 0 Å². The number of aliphatic hydroxyl groups is 2. The number of hydrogen-bond donors (Lipinski definition) is 2. The monoisotopic (exact) mass is 238 g/mol. The van der Waals surface area contributed by atoms with Gasteiger partial charge in [-0.1, -0.05) is 30.3 Å². The van der Waals surface area contributed by atoms with E-state index in [4.69, 9.17) is 14.6 Å². The molecule has 0 aromatic heterocycles. The quantitative estimate of drug-likeness (QED) is 0.823. The molecule has 3 atom stereocenters. The second-order valence-electron chi connectivity index (χ2n) is 4.29. The summed E-state index contributed by atoms with van der Waals surface area (Å²) in [6.45, 7) is 0.443. The summed E-state index contributed by atoms with van der Waals surface area (Å²) < 4.78 is 10.9. The number of ether oxygens (including phenoxy) is 2. The van der Waals surface area contributed by atoms with E-state index in [0.29, 0.717) is 19.4 Å². The second kappa shape index (κ2) is 6.12. The first-order chi connectivity index (χ1) is 8.28. The highest BCUT2D eigenvalue weighted by Crippen LogP contribution is 2.21. The molecule has 0 spiro atoms. The second-order valence-corrected chi connectivity index (χ2v) is 4.29. The van der Waals surface area contributed by atoms with Crippen molar-refractivity contribution in [2.75, 3.05) is 6.61 Å². The van der Waals surface area contributed by atoms with Crippen LogP contribution in [0.1, 0.15) is 18.4 Å². The Bertz CT molecular complexity index is 327. The zero-order chi connectivity index (χ0) is 12.1. The highest BCUT2D eigenvalue weighted by atomic mass is 16.6. The van der Waals surface area contributed by atoms with Crippen molar-refractivity contribution in [1.29, 1.82) is 0 Å². The molecule has 0 radical (unpaired) electrons. The minimum atomic E-state index is -0.832. The summed E-state index contributed by atoms with van der Waals surface area (Å²) >= 11 is 0. The molecule has 1 aromatic carbocycles. The predicted molar refractivity (Wildman–Crippen MR) is 62.2 cm³/mol. The lowest BCUT2D eigenvalue weighted by atomic mass is 10.1. The van der Waals surface area contributed by atoms with Gasteiger partial charge in [-0.2, -0.15) is 0 Å². The smallest absolute Gasteiger partial charge is 0.157 e. The third-order valence-corrected chi connectivity index (χ3v) is 2.87. The molecule has 0 aliphatic carbocycles. The van der Waals surface area contributed by atoms with Crippen molar-refractivity contribution < 1.29 is 19.7 Å². The molecular formula is C13H18O4. The molecule has 2 rings (SSSR count). The summed E-state index contributed by atoms with van der Waals surface area (Å²) in [5.41, 5.74) is 1.11. The van der Waals surface area contributed by atoms with Gasteiger partial charge >= 0.3 is 0 Å². The molecule has 1 saturated heterocycles. The Labute approximate surface area is 101 Å². The lowest BCUT2D eigenvalue weighted by Gasteiger charge is -2.31. The Morgan fingerprint density at radius 3 is 2.71 bits per heavy atom. The minimum Gasteiger partial charge on any atom is -0.394 e. The number of hydrogen-bond acceptors (Lipinski definition) is 4. The van der Waals surface area contributed by atoms with E-state index in [1.54, 1.807) is 0 Å². The van der Waals surface area contributed by atoms with Crippen molar-refractivity contribution in [3.8, 4) is 0 Å². The lowest BCUT2D eigenvalue weighted by molar-refractivity contribution is -0.206. The van der Waals surface area contributed by atoms with Crippen molar-refractivity contribution in [2.24, 2.45) is 0 Å². The molecule has 1 aromatic rings. The molecule has 4 heteroatoms. The van der Waals surface area contributed by atoms with Crippen LogP contribution in [-0.4, -0.2) is 35.3 Å². The zero-order valence-corrected chi connectivity index (χ0v) is 9.66. The average Bonchev–Trinajstić information content (AvgIpc) is 2.37. The molecule has 0 saturated carbocycles. The molecule has 0 bridgehead atoms. The first kappa shape index (κ1) is 12.5. The maximum atomic E-state index is 9.46. The summed E-state index contributed by atoms with van der Waals surface area (Å²) in [5, 5.41) is 18.5. The van der Waals surface area contributed by atoms with Gasteiger partial charge in [0.15, 0.2) is 6.29 Å². The number of benzene rings is 1. The van der Waals surface area contributed by atoms with Crippen molar-refractivity contribution in [3.05, 3.63) is 35.9 Å². The van der Waals surface area contributed by atoms with Gasteiger partial charge in [0.2, 0.25) is 0 Å². The van der Waals surface area contributed by atoms with Crippen LogP contribution in [0, 0.1) is 0 Å². The topological polar surface area (TPSA) is 58.9 Å². The molecule has 1 unspecified atom stereocenters. The van der Waals surface area contributed by atoms with Gasteiger partial charge in [-0.05, 0) is 5.56 Å². The first-order valence-electron chi connectivity index (χ1n) is 5.88. The zero-order valence-electron chi connectivity index (χ0n) is 9.66. The maximum absolute atomic E-state index is 9.46. The van der Waals surface area contributed by atoms with Crippen molar-refractivity contribution >= 4 is 0 Å². The van der Waals surface area contributed by atoms with E-state index in [-0.39, 0.29) is 18.8 Å². The summed E-state index contributed by atoms with van der Waals surface area (Å²) in [7, 11) is 0. The van der Waals surface area contributed by atoms with Crippen molar-refractivity contribution in [2.45, 2.75) is 37.9 Å². The van der Waals surface area contributed by atoms with Crippen LogP contribution >= 0.6 is 0 Å². The summed E-state index contributed by atoms with van der Waals surface area (Å²) in [6.07, 6.45) is -0.124. The largest absolute Gasteiger partial charge is 0.394 e. The van der Waals surface area contributed by atoms with Crippen molar-refractivity contribution in [1.82, 2.24) is 0 Å². The van der Waals surface area contributed by atoms with Crippen LogP contribution in [0.2, 0.25) is 0 Å². The van der Waals surface area contributed by atoms with E-state index in [1.165, 1.54) is 0 Å². The molecule has 1 heterocycles. The Morgan fingerprint density at radius 1 is 1.24 bits per heavy atom. The molecule has 4 nitrogen and oxygen atoms in total. The van der Waals surface area contributed by atoms with Gasteiger partial charge in [0, 0.05) is 12.8 Å². The third-order valence-electron chi connectivity index (χ3n) is 2.87. The van der Waals surface area contributed by atoms with E-state index in [2.05, 4.69) is 0 Å². The van der Waals surface area contributed by atoms with Crippen LogP contribution in [0.25, 0.3) is 0 Å². The molecular weight excluding hydrogens is 220 g/mol. The molecule has 94 valence electrons. The Kier molecular flexibility index (Phi) is 4.50. The number of rotatable bonds is 4. The van der Waals surface area contributed by atoms with Crippen LogP contribution < -0.4 is 0 Å². The van der Waals surface area contributed by atoms with Crippen molar-refractivity contribution in [3.63, 3.8) is 0 Å². The standard InChI is InChI=1S/C13H18O4/c14-8-12-6-11(7-13(15)17-12)16-9-10-4-2-1-3-5-10/h1-5,11-15H,6-9H2/t11-,12+,13?/m1/s1. The van der Waals surface area contributed by atoms with Gasteiger partial charge in [0.1, 0.15) is 0 Å². The van der Waals surface area contributed by atoms with Crippen LogP contribution in [0.5, 0.6) is 0 Å². The molecule has 1 aliphatic rings. The highest BCUT2D eigenvalue weighted by Gasteiger charge is 2.28. The van der Waals surface area contributed by atoms with E-state index in [0.717, 1.165) is 5.56 Å². The Morgan fingerprint density at radius 2 is 2.00 bits per heavy atom. The summed E-state index contributed by atoms with van der Waals surface area (Å²) in [5.74, 6) is 0. The summed E-state index contributed by atoms with van der Waals surface area (Å²) in [4.78, 5) is 0. The normalized spacial score (nSPS) is 29.2. The fourth-order valence-electron chi connectivity index (χ4n) is 1.99. The van der Waals surface area contributed by atoms with Gasteiger partial charge in [-0.25, -0.2) is 0 Å². The van der Waals surface area contributed by atoms with Gasteiger partial charge in [0.05, 0.1) is 25.4 Å². The van der Waals surface area contributed by atoms with E-state index >= 15 is 0 Å². The molecule has 1 aliphatic heterocycles. The summed E-state index contributed by atoms with van der Waals surface area (Å²) in [6, 6.07) is 9.89. The lowest BCUT2D eigenvalue weighted by Crippen LogP contribution is -2.38. The molecule has 2 N–H and O–H groups in total. The average molecular weight is 238 g/mol. The Hall–Kier alpha value is -0.940. The molecule has 1 fully saturated rings. The molecule has 0 amide bonds. The van der Waals surface area contributed by atoms with Gasteiger partial charge < -0.3 is 19.7 Å². The first-order valence-corrected chi connectivity index (χ1v) is 5.88. The third kappa shape index (κ3) is 3.78. The Balaban J connectivity index is 1.82. The van der Waals surface area contributed by atoms with Crippen LogP contribution in [-0.2, 0) is 16.1 Å². The highest BCUT2D eigenvalue weighted by molar-refractivity contribution is 5.13. The number of aliphatic hydroxyl groups excluding tert-OH is 2. The van der Waals surface area contributed by atoms with Crippen LogP contribution in [0.4, 0.5) is 0 Å². The van der Waals surface area contributed by atoms with E-state index < -0.39 is 6.29 Å². The fraction of sp³-hybridized carbons (Fsp3) is 0.538. The predicted octanol–water partition coefficient (Wildman–Crippen LogP) is 1.06. The molecule has 17 heavy (non-hydrogen) atoms. The minimum absolute atomic E-state index is 0.0592. The van der Waals surface area contributed by atoms with Crippen LogP contribution in [0.3, 0.4) is 0 Å². The SMILES string of the molecule is OC[C@@H]1C[C@@H](OCc2ccccc2)CC(O)O1.